The summed E-state index contributed by atoms with van der Waals surface area (Å²) >= 11 is 0. The highest BCUT2D eigenvalue weighted by molar-refractivity contribution is 5.85. The first-order valence-corrected chi connectivity index (χ1v) is 7.93. The molecule has 2 aromatic carbocycles. The van der Waals surface area contributed by atoms with Crippen LogP contribution in [0.4, 0.5) is 5.69 Å². The van der Waals surface area contributed by atoms with E-state index in [0.29, 0.717) is 0 Å². The highest BCUT2D eigenvalue weighted by atomic mass is 35.5. The van der Waals surface area contributed by atoms with E-state index in [9.17, 15) is 0 Å². The van der Waals surface area contributed by atoms with Crippen LogP contribution in [0.15, 0.2) is 54.6 Å². The number of hydrogen-bond acceptors (Lipinski definition) is 2. The van der Waals surface area contributed by atoms with Crippen molar-refractivity contribution in [3.8, 4) is 0 Å². The van der Waals surface area contributed by atoms with Crippen LogP contribution in [-0.2, 0) is 6.54 Å². The molecule has 0 aliphatic heterocycles. The van der Waals surface area contributed by atoms with Crippen molar-refractivity contribution >= 4 is 18.1 Å². The Hall–Kier alpha value is -1.51. The fraction of sp³-hybridized carbons (Fsp3) is 0.368. The van der Waals surface area contributed by atoms with Crippen molar-refractivity contribution in [2.75, 3.05) is 5.32 Å². The van der Waals surface area contributed by atoms with Crippen LogP contribution in [0.2, 0.25) is 0 Å². The van der Waals surface area contributed by atoms with Crippen LogP contribution in [0, 0.1) is 0 Å². The largest absolute Gasteiger partial charge is 0.381 e. The van der Waals surface area contributed by atoms with E-state index < -0.39 is 0 Å². The quantitative estimate of drug-likeness (QED) is 0.648. The van der Waals surface area contributed by atoms with Gasteiger partial charge in [0.15, 0.2) is 0 Å². The minimum absolute atomic E-state index is 0. The maximum atomic E-state index is 6.23. The number of rotatable bonds is 8. The minimum atomic E-state index is 0. The number of hydrogen-bond donors (Lipinski definition) is 2. The summed E-state index contributed by atoms with van der Waals surface area (Å²) in [6, 6.07) is 19.1. The number of nitrogens with one attached hydrogen (secondary N) is 1. The summed E-state index contributed by atoms with van der Waals surface area (Å²) in [5.74, 6) is 0. The molecule has 0 saturated carbocycles. The van der Waals surface area contributed by atoms with Crippen LogP contribution >= 0.6 is 12.4 Å². The number of halogens is 1. The molecular weight excluding hydrogens is 292 g/mol. The van der Waals surface area contributed by atoms with Crippen molar-refractivity contribution in [1.29, 1.82) is 0 Å². The van der Waals surface area contributed by atoms with E-state index >= 15 is 0 Å². The van der Waals surface area contributed by atoms with Gasteiger partial charge in [-0.1, -0.05) is 68.7 Å². The Labute approximate surface area is 140 Å². The topological polar surface area (TPSA) is 38.0 Å². The molecule has 1 atom stereocenters. The molecule has 2 aromatic rings. The summed E-state index contributed by atoms with van der Waals surface area (Å²) in [5.41, 5.74) is 9.89. The van der Waals surface area contributed by atoms with Crippen molar-refractivity contribution in [2.45, 2.75) is 45.2 Å². The molecule has 2 nitrogen and oxygen atoms in total. The Balaban J connectivity index is 0.00000242. The van der Waals surface area contributed by atoms with E-state index in [2.05, 4.69) is 60.8 Å². The lowest BCUT2D eigenvalue weighted by Crippen LogP contribution is -2.10. The second-order valence-electron chi connectivity index (χ2n) is 5.56. The average Bonchev–Trinajstić information content (AvgIpc) is 2.54. The van der Waals surface area contributed by atoms with Crippen molar-refractivity contribution in [2.24, 2.45) is 5.73 Å². The molecule has 0 heterocycles. The van der Waals surface area contributed by atoms with Gasteiger partial charge in [0.25, 0.3) is 0 Å². The lowest BCUT2D eigenvalue weighted by atomic mass is 10.0. The zero-order valence-corrected chi connectivity index (χ0v) is 14.1. The van der Waals surface area contributed by atoms with Gasteiger partial charge in [0.1, 0.15) is 0 Å². The van der Waals surface area contributed by atoms with E-state index in [1.807, 2.05) is 6.07 Å². The first kappa shape index (κ1) is 18.5. The van der Waals surface area contributed by atoms with E-state index in [0.717, 1.165) is 18.7 Å². The maximum absolute atomic E-state index is 6.23. The zero-order valence-electron chi connectivity index (χ0n) is 13.3. The summed E-state index contributed by atoms with van der Waals surface area (Å²) in [6.45, 7) is 3.07. The van der Waals surface area contributed by atoms with Crippen LogP contribution in [0.1, 0.15) is 49.8 Å². The van der Waals surface area contributed by atoms with Crippen molar-refractivity contribution in [3.63, 3.8) is 0 Å². The van der Waals surface area contributed by atoms with Crippen molar-refractivity contribution < 1.29 is 0 Å². The fourth-order valence-electron chi connectivity index (χ4n) is 2.43. The van der Waals surface area contributed by atoms with Crippen molar-refractivity contribution in [1.82, 2.24) is 0 Å². The van der Waals surface area contributed by atoms with E-state index in [4.69, 9.17) is 5.73 Å². The number of benzene rings is 2. The van der Waals surface area contributed by atoms with Gasteiger partial charge in [0, 0.05) is 18.3 Å². The van der Waals surface area contributed by atoms with Crippen LogP contribution < -0.4 is 11.1 Å². The van der Waals surface area contributed by atoms with Crippen LogP contribution in [-0.4, -0.2) is 0 Å². The summed E-state index contributed by atoms with van der Waals surface area (Å²) in [6.07, 6.45) is 4.80. The van der Waals surface area contributed by atoms with Gasteiger partial charge >= 0.3 is 0 Å². The Kier molecular flexibility index (Phi) is 8.64. The monoisotopic (exact) mass is 318 g/mol. The highest BCUT2D eigenvalue weighted by Crippen LogP contribution is 2.19. The number of nitrogens with two attached hydrogens (primary N) is 1. The van der Waals surface area contributed by atoms with Gasteiger partial charge in [-0.2, -0.15) is 0 Å². The summed E-state index contributed by atoms with van der Waals surface area (Å²) < 4.78 is 0. The molecule has 0 saturated heterocycles. The predicted octanol–water partition coefficient (Wildman–Crippen LogP) is 5.30. The Morgan fingerprint density at radius 3 is 2.27 bits per heavy atom. The SMILES string of the molecule is CCCCC[C@@H](N)c1ccc(NCc2ccccc2)cc1.Cl. The van der Waals surface area contributed by atoms with Gasteiger partial charge in [0.2, 0.25) is 0 Å². The summed E-state index contributed by atoms with van der Waals surface area (Å²) in [5, 5.41) is 3.44. The molecule has 0 aliphatic rings. The summed E-state index contributed by atoms with van der Waals surface area (Å²) in [7, 11) is 0. The lowest BCUT2D eigenvalue weighted by molar-refractivity contribution is 0.581. The summed E-state index contributed by atoms with van der Waals surface area (Å²) in [4.78, 5) is 0. The molecule has 0 amide bonds. The molecule has 0 bridgehead atoms. The third-order valence-corrected chi connectivity index (χ3v) is 3.80. The van der Waals surface area contributed by atoms with Gasteiger partial charge in [-0.05, 0) is 29.7 Å². The smallest absolute Gasteiger partial charge is 0.0400 e. The fourth-order valence-corrected chi connectivity index (χ4v) is 2.43. The minimum Gasteiger partial charge on any atom is -0.381 e. The molecule has 2 rings (SSSR count). The number of anilines is 1. The third kappa shape index (κ3) is 6.08. The Bertz CT molecular complexity index is 511. The molecule has 3 heteroatoms. The van der Waals surface area contributed by atoms with Crippen LogP contribution in [0.5, 0.6) is 0 Å². The van der Waals surface area contributed by atoms with Gasteiger partial charge in [-0.3, -0.25) is 0 Å². The van der Waals surface area contributed by atoms with Gasteiger partial charge < -0.3 is 11.1 Å². The van der Waals surface area contributed by atoms with E-state index in [-0.39, 0.29) is 18.4 Å². The molecule has 0 aromatic heterocycles. The standard InChI is InChI=1S/C19H26N2.ClH/c1-2-3-5-10-19(20)17-11-13-18(14-12-17)21-15-16-8-6-4-7-9-16;/h4,6-9,11-14,19,21H,2-3,5,10,15,20H2,1H3;1H/t19-;/m1./s1. The molecule has 0 aliphatic carbocycles. The van der Waals surface area contributed by atoms with Crippen LogP contribution in [0.3, 0.4) is 0 Å². The van der Waals surface area contributed by atoms with E-state index in [1.165, 1.54) is 30.4 Å². The third-order valence-electron chi connectivity index (χ3n) is 3.80. The molecule has 0 radical (unpaired) electrons. The molecule has 0 fully saturated rings. The Morgan fingerprint density at radius 2 is 1.64 bits per heavy atom. The van der Waals surface area contributed by atoms with Gasteiger partial charge in [-0.15, -0.1) is 12.4 Å². The van der Waals surface area contributed by atoms with Gasteiger partial charge in [-0.25, -0.2) is 0 Å². The zero-order chi connectivity index (χ0) is 14.9. The first-order valence-electron chi connectivity index (χ1n) is 7.93. The predicted molar refractivity (Wildman–Crippen MR) is 98.5 cm³/mol. The normalized spacial score (nSPS) is 11.5. The maximum Gasteiger partial charge on any atom is 0.0400 e. The molecule has 120 valence electrons. The molecular formula is C19H27ClN2. The van der Waals surface area contributed by atoms with Crippen LogP contribution in [0.25, 0.3) is 0 Å². The molecule has 22 heavy (non-hydrogen) atoms. The van der Waals surface area contributed by atoms with Gasteiger partial charge in [0.05, 0.1) is 0 Å². The number of unbranched alkanes of at least 4 members (excludes halogenated alkanes) is 2. The molecule has 3 N–H and O–H groups in total. The average molecular weight is 319 g/mol. The first-order chi connectivity index (χ1) is 10.3. The van der Waals surface area contributed by atoms with Crippen molar-refractivity contribution in [3.05, 3.63) is 65.7 Å². The lowest BCUT2D eigenvalue weighted by Gasteiger charge is -2.13. The second-order valence-corrected chi connectivity index (χ2v) is 5.56. The van der Waals surface area contributed by atoms with E-state index in [1.54, 1.807) is 0 Å². The molecule has 0 unspecified atom stereocenters. The molecule has 0 spiro atoms. The highest BCUT2D eigenvalue weighted by Gasteiger charge is 2.05. The second kappa shape index (κ2) is 10.3. The Morgan fingerprint density at radius 1 is 0.955 bits per heavy atom.